The summed E-state index contributed by atoms with van der Waals surface area (Å²) in [5.74, 6) is 1.91. The van der Waals surface area contributed by atoms with Crippen LogP contribution in [0.2, 0.25) is 0 Å². The van der Waals surface area contributed by atoms with Crippen LogP contribution in [-0.2, 0) is 11.3 Å². The van der Waals surface area contributed by atoms with Crippen LogP contribution in [0.3, 0.4) is 0 Å². The number of oxazole rings is 1. The molecule has 0 saturated heterocycles. The Labute approximate surface area is 196 Å². The molecule has 30 heavy (non-hydrogen) atoms. The van der Waals surface area contributed by atoms with Crippen molar-refractivity contribution in [3.63, 3.8) is 0 Å². The van der Waals surface area contributed by atoms with Crippen LogP contribution in [0.1, 0.15) is 23.8 Å². The summed E-state index contributed by atoms with van der Waals surface area (Å²) in [4.78, 5) is 24.4. The van der Waals surface area contributed by atoms with E-state index in [9.17, 15) is 4.79 Å². The van der Waals surface area contributed by atoms with E-state index in [1.807, 2.05) is 32.0 Å². The smallest absolute Gasteiger partial charge is 0.243 e. The van der Waals surface area contributed by atoms with E-state index in [2.05, 4.69) is 44.7 Å². The van der Waals surface area contributed by atoms with Crippen molar-refractivity contribution in [1.29, 1.82) is 0 Å². The molecule has 0 atom stereocenters. The van der Waals surface area contributed by atoms with Gasteiger partial charge in [0.25, 0.3) is 0 Å². The molecule has 2 rings (SSSR count). The number of aryl methyl sites for hydroxylation is 2. The Bertz CT molecular complexity index is 788. The highest BCUT2D eigenvalue weighted by Crippen LogP contribution is 2.10. The van der Waals surface area contributed by atoms with Crippen LogP contribution >= 0.6 is 24.0 Å². The fourth-order valence-corrected chi connectivity index (χ4v) is 2.57. The van der Waals surface area contributed by atoms with Crippen LogP contribution in [0, 0.1) is 13.8 Å². The molecule has 0 spiro atoms. The lowest BCUT2D eigenvalue weighted by Crippen LogP contribution is -2.39. The van der Waals surface area contributed by atoms with Crippen molar-refractivity contribution in [1.82, 2.24) is 20.5 Å². The van der Waals surface area contributed by atoms with Gasteiger partial charge in [0.2, 0.25) is 11.8 Å². The first kappa shape index (κ1) is 25.7. The van der Waals surface area contributed by atoms with Crippen molar-refractivity contribution in [2.75, 3.05) is 45.7 Å². The van der Waals surface area contributed by atoms with Gasteiger partial charge in [-0.3, -0.25) is 4.79 Å². The van der Waals surface area contributed by atoms with Crippen LogP contribution in [-0.4, -0.2) is 62.5 Å². The maximum absolute atomic E-state index is 11.9. The number of halogens is 1. The highest BCUT2D eigenvalue weighted by atomic mass is 127. The second-order valence-corrected chi connectivity index (χ2v) is 7.09. The molecule has 9 heteroatoms. The van der Waals surface area contributed by atoms with Gasteiger partial charge in [0, 0.05) is 39.9 Å². The number of hydrogen-bond donors (Lipinski definition) is 2. The molecule has 0 radical (unpaired) electrons. The van der Waals surface area contributed by atoms with Crippen LogP contribution in [0.15, 0.2) is 39.7 Å². The summed E-state index contributed by atoms with van der Waals surface area (Å²) in [6.45, 7) is 5.91. The zero-order valence-electron chi connectivity index (χ0n) is 18.4. The monoisotopic (exact) mass is 528 g/mol. The molecular weight excluding hydrogens is 495 g/mol. The minimum absolute atomic E-state index is 0. The summed E-state index contributed by atoms with van der Waals surface area (Å²) in [5.41, 5.74) is 2.06. The number of hydrogen-bond acceptors (Lipinski definition) is 5. The Morgan fingerprint density at radius 2 is 1.83 bits per heavy atom. The number of likely N-dealkylation sites (N-methyl/N-ethyl adjacent to an activating group) is 1. The van der Waals surface area contributed by atoms with Crippen LogP contribution < -0.4 is 15.5 Å². The Balaban J connectivity index is 0.00000450. The lowest BCUT2D eigenvalue weighted by Gasteiger charge is -2.19. The number of nitrogens with zero attached hydrogens (tertiary/aromatic N) is 4. The second kappa shape index (κ2) is 13.1. The summed E-state index contributed by atoms with van der Waals surface area (Å²) >= 11 is 0. The summed E-state index contributed by atoms with van der Waals surface area (Å²) in [7, 11) is 5.51. The van der Waals surface area contributed by atoms with Gasteiger partial charge in [-0.05, 0) is 32.4 Å². The maximum atomic E-state index is 11.9. The number of nitrogens with one attached hydrogen (secondary N) is 2. The number of guanidine groups is 1. The SMILES string of the molecule is Cc1nc(CNC(=NCC(=O)N(C)C)NCCCN(C)c2ccccc2)oc1C.I. The van der Waals surface area contributed by atoms with Gasteiger partial charge in [0.15, 0.2) is 5.96 Å². The lowest BCUT2D eigenvalue weighted by atomic mass is 10.3. The molecule has 2 N–H and O–H groups in total. The largest absolute Gasteiger partial charge is 0.444 e. The number of benzene rings is 1. The van der Waals surface area contributed by atoms with E-state index in [-0.39, 0.29) is 36.4 Å². The average molecular weight is 528 g/mol. The Morgan fingerprint density at radius 3 is 2.43 bits per heavy atom. The topological polar surface area (TPSA) is 86.0 Å². The van der Waals surface area contributed by atoms with Crippen molar-refractivity contribution < 1.29 is 9.21 Å². The maximum Gasteiger partial charge on any atom is 0.243 e. The van der Waals surface area contributed by atoms with Gasteiger partial charge in [0.1, 0.15) is 12.3 Å². The van der Waals surface area contributed by atoms with Gasteiger partial charge in [-0.2, -0.15) is 0 Å². The first-order valence-corrected chi connectivity index (χ1v) is 9.78. The normalized spacial score (nSPS) is 10.9. The molecular formula is C21H33IN6O2. The number of carbonyl (C=O) groups excluding carboxylic acids is 1. The first-order chi connectivity index (χ1) is 13.9. The molecule has 1 amide bonds. The van der Waals surface area contributed by atoms with Crippen LogP contribution in [0.5, 0.6) is 0 Å². The van der Waals surface area contributed by atoms with Gasteiger partial charge in [-0.1, -0.05) is 18.2 Å². The van der Waals surface area contributed by atoms with Crippen molar-refractivity contribution in [2.45, 2.75) is 26.8 Å². The van der Waals surface area contributed by atoms with E-state index in [1.54, 1.807) is 14.1 Å². The Kier molecular flexibility index (Phi) is 11.2. The third-order valence-electron chi connectivity index (χ3n) is 4.51. The molecule has 166 valence electrons. The predicted octanol–water partition coefficient (Wildman–Crippen LogP) is 2.56. The Hall–Kier alpha value is -2.30. The fourth-order valence-electron chi connectivity index (χ4n) is 2.57. The summed E-state index contributed by atoms with van der Waals surface area (Å²) in [5, 5.41) is 6.47. The zero-order chi connectivity index (χ0) is 21.2. The molecule has 2 aromatic rings. The van der Waals surface area contributed by atoms with E-state index in [0.717, 1.165) is 31.0 Å². The highest BCUT2D eigenvalue weighted by molar-refractivity contribution is 14.0. The number of anilines is 1. The fraction of sp³-hybridized carbons (Fsp3) is 0.476. The van der Waals surface area contributed by atoms with Crippen molar-refractivity contribution in [3.05, 3.63) is 47.7 Å². The van der Waals surface area contributed by atoms with Gasteiger partial charge in [0.05, 0.1) is 12.2 Å². The molecule has 0 aliphatic carbocycles. The number of amides is 1. The van der Waals surface area contributed by atoms with Crippen molar-refractivity contribution in [2.24, 2.45) is 4.99 Å². The summed E-state index contributed by atoms with van der Waals surface area (Å²) in [6, 6.07) is 10.3. The zero-order valence-corrected chi connectivity index (χ0v) is 20.8. The van der Waals surface area contributed by atoms with E-state index >= 15 is 0 Å². The number of rotatable bonds is 9. The van der Waals surface area contributed by atoms with Gasteiger partial charge < -0.3 is 24.9 Å². The molecule has 0 aliphatic heterocycles. The van der Waals surface area contributed by atoms with Gasteiger partial charge in [-0.15, -0.1) is 24.0 Å². The summed E-state index contributed by atoms with van der Waals surface area (Å²) < 4.78 is 5.60. The number of carbonyl (C=O) groups is 1. The quantitative estimate of drug-likeness (QED) is 0.225. The molecule has 0 bridgehead atoms. The second-order valence-electron chi connectivity index (χ2n) is 7.09. The Morgan fingerprint density at radius 1 is 1.13 bits per heavy atom. The molecule has 1 aromatic heterocycles. The lowest BCUT2D eigenvalue weighted by molar-refractivity contribution is -0.127. The van der Waals surface area contributed by atoms with Gasteiger partial charge in [-0.25, -0.2) is 9.98 Å². The van der Waals surface area contributed by atoms with E-state index in [4.69, 9.17) is 4.42 Å². The van der Waals surface area contributed by atoms with E-state index in [0.29, 0.717) is 18.4 Å². The number of para-hydroxylation sites is 1. The van der Waals surface area contributed by atoms with Crippen molar-refractivity contribution in [3.8, 4) is 0 Å². The average Bonchev–Trinajstić information content (AvgIpc) is 3.04. The molecule has 8 nitrogen and oxygen atoms in total. The molecule has 1 heterocycles. The first-order valence-electron chi connectivity index (χ1n) is 9.78. The molecule has 0 saturated carbocycles. The predicted molar refractivity (Wildman–Crippen MR) is 132 cm³/mol. The summed E-state index contributed by atoms with van der Waals surface area (Å²) in [6.07, 6.45) is 0.922. The molecule has 1 aromatic carbocycles. The molecule has 0 aliphatic rings. The van der Waals surface area contributed by atoms with Crippen molar-refractivity contribution >= 4 is 41.5 Å². The van der Waals surface area contributed by atoms with Crippen LogP contribution in [0.25, 0.3) is 0 Å². The standard InChI is InChI=1S/C21H32N6O2.HI/c1-16-17(2)29-19(25-16)14-23-21(24-15-20(28)26(3)4)22-12-9-13-27(5)18-10-7-6-8-11-18;/h6-8,10-11H,9,12-15H2,1-5H3,(H2,22,23,24);1H. The number of aromatic nitrogens is 1. The highest BCUT2D eigenvalue weighted by Gasteiger charge is 2.08. The third-order valence-corrected chi connectivity index (χ3v) is 4.51. The molecule has 0 fully saturated rings. The third kappa shape index (κ3) is 8.60. The van der Waals surface area contributed by atoms with Crippen LogP contribution in [0.4, 0.5) is 5.69 Å². The molecule has 0 unspecified atom stereocenters. The van der Waals surface area contributed by atoms with Gasteiger partial charge >= 0.3 is 0 Å². The van der Waals surface area contributed by atoms with E-state index < -0.39 is 0 Å². The minimum atomic E-state index is -0.0577. The minimum Gasteiger partial charge on any atom is -0.444 e. The number of aliphatic imine (C=N–C) groups is 1. The van der Waals surface area contributed by atoms with E-state index in [1.165, 1.54) is 10.6 Å².